The lowest BCUT2D eigenvalue weighted by molar-refractivity contribution is -0.122. The zero-order chi connectivity index (χ0) is 30.2. The molecule has 7 nitrogen and oxygen atoms in total. The van der Waals surface area contributed by atoms with Crippen molar-refractivity contribution in [3.63, 3.8) is 0 Å². The van der Waals surface area contributed by atoms with Crippen LogP contribution in [0.2, 0.25) is 5.02 Å². The van der Waals surface area contributed by atoms with Crippen molar-refractivity contribution in [2.75, 3.05) is 17.2 Å². The molecule has 2 N–H and O–H groups in total. The average molecular weight is 605 g/mol. The fourth-order valence-electron chi connectivity index (χ4n) is 4.44. The van der Waals surface area contributed by atoms with Gasteiger partial charge in [-0.1, -0.05) is 55.8 Å². The number of carbonyl (C=O) groups excluding carboxylic acids is 3. The molecule has 0 saturated heterocycles. The molecular weight excluding hydrogens is 572 g/mol. The van der Waals surface area contributed by atoms with E-state index < -0.39 is 18.0 Å². The molecule has 1 aromatic heterocycles. The summed E-state index contributed by atoms with van der Waals surface area (Å²) < 4.78 is 11.2. The van der Waals surface area contributed by atoms with Crippen molar-refractivity contribution < 1.29 is 23.9 Å². The molecule has 1 atom stereocenters. The first-order valence-electron chi connectivity index (χ1n) is 13.8. The molecule has 0 aliphatic rings. The van der Waals surface area contributed by atoms with Crippen molar-refractivity contribution in [2.24, 2.45) is 0 Å². The molecule has 0 aliphatic heterocycles. The Kier molecular flexibility index (Phi) is 10.4. The molecule has 0 bridgehead atoms. The fourth-order valence-corrected chi connectivity index (χ4v) is 5.52. The third kappa shape index (κ3) is 7.19. The minimum Gasteiger partial charge on any atom is -0.481 e. The van der Waals surface area contributed by atoms with Gasteiger partial charge in [0.15, 0.2) is 6.10 Å². The first-order chi connectivity index (χ1) is 20.2. The summed E-state index contributed by atoms with van der Waals surface area (Å²) in [6.07, 6.45) is 0.846. The molecule has 0 radical (unpaired) electrons. The van der Waals surface area contributed by atoms with Gasteiger partial charge in [0.2, 0.25) is 0 Å². The number of halogens is 1. The molecule has 2 amide bonds. The number of benzene rings is 3. The highest BCUT2D eigenvalue weighted by molar-refractivity contribution is 7.15. The predicted octanol–water partition coefficient (Wildman–Crippen LogP) is 8.03. The fraction of sp³-hybridized carbons (Fsp3) is 0.242. The van der Waals surface area contributed by atoms with E-state index >= 15 is 0 Å². The third-order valence-corrected chi connectivity index (χ3v) is 7.85. The number of thiophene rings is 1. The lowest BCUT2D eigenvalue weighted by atomic mass is 10.0. The standard InChI is InChI=1S/C33H33ClN2O5S/c1-5-21-9-8-10-22(6-2)29(21)35-30(37)20(4)41-26-17-13-24(14-18-26)31(38)36-32-28(33(39)40-7-3)27(19-42-32)23-11-15-25(34)16-12-23/h8-20H,5-7H2,1-4H3,(H,35,37)(H,36,38)/t20-/m0/s1. The van der Waals surface area contributed by atoms with Crippen LogP contribution in [0.1, 0.15) is 59.5 Å². The topological polar surface area (TPSA) is 93.7 Å². The number of hydrogen-bond acceptors (Lipinski definition) is 6. The number of hydrogen-bond donors (Lipinski definition) is 2. The molecule has 4 aromatic rings. The Morgan fingerprint density at radius 3 is 2.12 bits per heavy atom. The second-order valence-electron chi connectivity index (χ2n) is 9.47. The van der Waals surface area contributed by atoms with Crippen molar-refractivity contribution in [3.8, 4) is 16.9 Å². The summed E-state index contributed by atoms with van der Waals surface area (Å²) in [5.74, 6) is -0.733. The Labute approximate surface area is 254 Å². The normalized spacial score (nSPS) is 11.5. The predicted molar refractivity (Wildman–Crippen MR) is 169 cm³/mol. The zero-order valence-corrected chi connectivity index (χ0v) is 25.5. The van der Waals surface area contributed by atoms with Gasteiger partial charge >= 0.3 is 5.97 Å². The highest BCUT2D eigenvalue weighted by atomic mass is 35.5. The van der Waals surface area contributed by atoms with Gasteiger partial charge < -0.3 is 20.1 Å². The van der Waals surface area contributed by atoms with Crippen LogP contribution in [-0.4, -0.2) is 30.5 Å². The number of carbonyl (C=O) groups is 3. The summed E-state index contributed by atoms with van der Waals surface area (Å²) in [7, 11) is 0. The van der Waals surface area contributed by atoms with E-state index in [1.165, 1.54) is 11.3 Å². The van der Waals surface area contributed by atoms with Crippen molar-refractivity contribution in [1.82, 2.24) is 0 Å². The van der Waals surface area contributed by atoms with Crippen LogP contribution in [0.3, 0.4) is 0 Å². The van der Waals surface area contributed by atoms with E-state index in [0.717, 1.165) is 35.2 Å². The Hall–Kier alpha value is -4.14. The number of rotatable bonds is 11. The van der Waals surface area contributed by atoms with Gasteiger partial charge in [0.1, 0.15) is 16.3 Å². The number of aryl methyl sites for hydroxylation is 2. The maximum absolute atomic E-state index is 13.1. The minimum atomic E-state index is -0.760. The Balaban J connectivity index is 1.45. The lowest BCUT2D eigenvalue weighted by Gasteiger charge is -2.18. The van der Waals surface area contributed by atoms with E-state index in [1.807, 2.05) is 30.3 Å². The smallest absolute Gasteiger partial charge is 0.341 e. The summed E-state index contributed by atoms with van der Waals surface area (Å²) in [5.41, 5.74) is 5.06. The quantitative estimate of drug-likeness (QED) is 0.169. The van der Waals surface area contributed by atoms with Gasteiger partial charge in [-0.05, 0) is 79.8 Å². The van der Waals surface area contributed by atoms with Gasteiger partial charge in [0.25, 0.3) is 11.8 Å². The number of ether oxygens (including phenoxy) is 2. The maximum Gasteiger partial charge on any atom is 0.341 e. The van der Waals surface area contributed by atoms with E-state index in [2.05, 4.69) is 24.5 Å². The second-order valence-corrected chi connectivity index (χ2v) is 10.8. The van der Waals surface area contributed by atoms with Gasteiger partial charge in [-0.15, -0.1) is 11.3 Å². The Morgan fingerprint density at radius 1 is 0.881 bits per heavy atom. The monoisotopic (exact) mass is 604 g/mol. The van der Waals surface area contributed by atoms with Gasteiger partial charge in [0, 0.05) is 27.2 Å². The van der Waals surface area contributed by atoms with Crippen LogP contribution in [0.4, 0.5) is 10.7 Å². The number of esters is 1. The molecule has 0 aliphatic carbocycles. The van der Waals surface area contributed by atoms with Crippen LogP contribution >= 0.6 is 22.9 Å². The van der Waals surface area contributed by atoms with E-state index in [1.54, 1.807) is 55.6 Å². The highest BCUT2D eigenvalue weighted by Gasteiger charge is 2.23. The molecule has 42 heavy (non-hydrogen) atoms. The van der Waals surface area contributed by atoms with Crippen LogP contribution in [0.15, 0.2) is 72.1 Å². The van der Waals surface area contributed by atoms with E-state index in [0.29, 0.717) is 26.9 Å². The van der Waals surface area contributed by atoms with Crippen molar-refractivity contribution in [1.29, 1.82) is 0 Å². The van der Waals surface area contributed by atoms with E-state index in [9.17, 15) is 14.4 Å². The van der Waals surface area contributed by atoms with Gasteiger partial charge in [-0.25, -0.2) is 4.79 Å². The number of para-hydroxylation sites is 1. The van der Waals surface area contributed by atoms with E-state index in [-0.39, 0.29) is 18.1 Å². The summed E-state index contributed by atoms with van der Waals surface area (Å²) in [4.78, 5) is 38.9. The number of anilines is 2. The average Bonchev–Trinajstić information content (AvgIpc) is 3.41. The first-order valence-corrected chi connectivity index (χ1v) is 15.1. The third-order valence-electron chi connectivity index (χ3n) is 6.70. The Morgan fingerprint density at radius 2 is 1.52 bits per heavy atom. The molecule has 1 heterocycles. The molecule has 3 aromatic carbocycles. The molecule has 0 spiro atoms. The molecule has 0 fully saturated rings. The van der Waals surface area contributed by atoms with E-state index in [4.69, 9.17) is 21.1 Å². The Bertz CT molecular complexity index is 1540. The van der Waals surface area contributed by atoms with Crippen molar-refractivity contribution in [2.45, 2.75) is 46.6 Å². The molecule has 0 saturated carbocycles. The highest BCUT2D eigenvalue weighted by Crippen LogP contribution is 2.37. The molecular formula is C33H33ClN2O5S. The summed E-state index contributed by atoms with van der Waals surface area (Å²) in [6.45, 7) is 7.71. The van der Waals surface area contributed by atoms with Gasteiger partial charge in [-0.2, -0.15) is 0 Å². The van der Waals surface area contributed by atoms with Gasteiger partial charge in [0.05, 0.1) is 6.61 Å². The first kappa shape index (κ1) is 30.8. The van der Waals surface area contributed by atoms with Crippen LogP contribution in [-0.2, 0) is 22.4 Å². The molecule has 4 rings (SSSR count). The second kappa shape index (κ2) is 14.2. The summed E-state index contributed by atoms with van der Waals surface area (Å²) in [6, 6.07) is 19.6. The van der Waals surface area contributed by atoms with Crippen molar-refractivity contribution >= 4 is 51.4 Å². The van der Waals surface area contributed by atoms with Gasteiger partial charge in [-0.3, -0.25) is 9.59 Å². The number of amides is 2. The SMILES string of the molecule is CCOC(=O)c1c(-c2ccc(Cl)cc2)csc1NC(=O)c1ccc(O[C@@H](C)C(=O)Nc2c(CC)cccc2CC)cc1. The largest absolute Gasteiger partial charge is 0.481 e. The number of nitrogens with one attached hydrogen (secondary N) is 2. The molecule has 0 unspecified atom stereocenters. The minimum absolute atomic E-state index is 0.199. The molecule has 218 valence electrons. The lowest BCUT2D eigenvalue weighted by Crippen LogP contribution is -2.31. The zero-order valence-electron chi connectivity index (χ0n) is 24.0. The molecule has 9 heteroatoms. The summed E-state index contributed by atoms with van der Waals surface area (Å²) in [5, 5.41) is 8.63. The van der Waals surface area contributed by atoms with Crippen molar-refractivity contribution in [3.05, 3.63) is 99.4 Å². The van der Waals surface area contributed by atoms with Crippen LogP contribution in [0, 0.1) is 0 Å². The van der Waals surface area contributed by atoms with Crippen LogP contribution < -0.4 is 15.4 Å². The summed E-state index contributed by atoms with van der Waals surface area (Å²) >= 11 is 7.27. The van der Waals surface area contributed by atoms with Crippen LogP contribution in [0.25, 0.3) is 11.1 Å². The van der Waals surface area contributed by atoms with Crippen LogP contribution in [0.5, 0.6) is 5.75 Å². The maximum atomic E-state index is 13.1.